The van der Waals surface area contributed by atoms with Gasteiger partial charge in [0.05, 0.1) is 16.5 Å². The third kappa shape index (κ3) is 3.67. The number of nitrogens with zero attached hydrogens (tertiary/aromatic N) is 2. The minimum Gasteiger partial charge on any atom is -0.338 e. The quantitative estimate of drug-likeness (QED) is 0.822. The van der Waals surface area contributed by atoms with Crippen molar-refractivity contribution in [3.8, 4) is 0 Å². The van der Waals surface area contributed by atoms with Crippen LogP contribution in [0.25, 0.3) is 0 Å². The average molecular weight is 355 g/mol. The van der Waals surface area contributed by atoms with Crippen molar-refractivity contribution < 1.29 is 4.79 Å². The molecule has 1 heterocycles. The normalized spacial score (nSPS) is 27.3. The van der Waals surface area contributed by atoms with Gasteiger partial charge in [-0.2, -0.15) is 0 Å². The molecule has 1 aliphatic heterocycles. The van der Waals surface area contributed by atoms with Gasteiger partial charge in [0.15, 0.2) is 0 Å². The van der Waals surface area contributed by atoms with E-state index in [1.807, 2.05) is 6.07 Å². The Morgan fingerprint density at radius 2 is 2.00 bits per heavy atom. The van der Waals surface area contributed by atoms with Gasteiger partial charge < -0.3 is 9.80 Å². The molecule has 3 rings (SSSR count). The SMILES string of the molecule is CN(C)[C@@H]1CCC2CCN(C(=O)Cc3ccc(Cl)c(Cl)c3)C1C2. The van der Waals surface area contributed by atoms with Crippen LogP contribution in [0.1, 0.15) is 31.2 Å². The molecule has 2 bridgehead atoms. The number of benzene rings is 1. The minimum atomic E-state index is 0.209. The molecule has 2 fully saturated rings. The number of piperidine rings is 1. The first-order valence-electron chi connectivity index (χ1n) is 8.35. The second kappa shape index (κ2) is 7.00. The smallest absolute Gasteiger partial charge is 0.227 e. The van der Waals surface area contributed by atoms with Crippen LogP contribution in [-0.2, 0) is 11.2 Å². The summed E-state index contributed by atoms with van der Waals surface area (Å²) < 4.78 is 0. The van der Waals surface area contributed by atoms with Crippen LogP contribution in [0.5, 0.6) is 0 Å². The van der Waals surface area contributed by atoms with Crippen LogP contribution in [0.4, 0.5) is 0 Å². The van der Waals surface area contributed by atoms with E-state index in [0.717, 1.165) is 30.9 Å². The van der Waals surface area contributed by atoms with Gasteiger partial charge in [-0.3, -0.25) is 4.79 Å². The largest absolute Gasteiger partial charge is 0.338 e. The standard InChI is InChI=1S/C18H24Cl2N2O/c1-21(2)16-6-4-12-7-8-22(17(16)10-12)18(23)11-13-3-5-14(19)15(20)9-13/h3,5,9,12,16-17H,4,6-8,10-11H2,1-2H3/t12?,16-,17?/m1/s1. The Labute approximate surface area is 148 Å². The highest BCUT2D eigenvalue weighted by atomic mass is 35.5. The summed E-state index contributed by atoms with van der Waals surface area (Å²) in [6.45, 7) is 0.889. The molecule has 3 nitrogen and oxygen atoms in total. The molecular weight excluding hydrogens is 331 g/mol. The molecule has 1 saturated heterocycles. The average Bonchev–Trinajstić information content (AvgIpc) is 2.51. The highest BCUT2D eigenvalue weighted by molar-refractivity contribution is 6.42. The number of likely N-dealkylation sites (N-methyl/N-ethyl adjacent to an activating group) is 1. The zero-order chi connectivity index (χ0) is 16.6. The van der Waals surface area contributed by atoms with Gasteiger partial charge in [-0.05, 0) is 63.4 Å². The molecule has 1 aliphatic carbocycles. The molecular formula is C18H24Cl2N2O. The van der Waals surface area contributed by atoms with Gasteiger partial charge in [-0.15, -0.1) is 0 Å². The summed E-state index contributed by atoms with van der Waals surface area (Å²) in [5.41, 5.74) is 0.934. The number of hydrogen-bond donors (Lipinski definition) is 0. The molecule has 1 aromatic carbocycles. The molecule has 1 amide bonds. The molecule has 0 aromatic heterocycles. The van der Waals surface area contributed by atoms with Crippen LogP contribution in [0.2, 0.25) is 10.0 Å². The van der Waals surface area contributed by atoms with Crippen LogP contribution in [0, 0.1) is 5.92 Å². The van der Waals surface area contributed by atoms with E-state index in [0.29, 0.717) is 28.5 Å². The van der Waals surface area contributed by atoms with Crippen molar-refractivity contribution >= 4 is 29.1 Å². The molecule has 1 aromatic rings. The number of amides is 1. The molecule has 23 heavy (non-hydrogen) atoms. The van der Waals surface area contributed by atoms with Crippen LogP contribution in [0.3, 0.4) is 0 Å². The molecule has 2 aliphatic rings. The maximum atomic E-state index is 12.9. The van der Waals surface area contributed by atoms with E-state index in [-0.39, 0.29) is 5.91 Å². The monoisotopic (exact) mass is 354 g/mol. The Morgan fingerprint density at radius 1 is 1.22 bits per heavy atom. The van der Waals surface area contributed by atoms with Gasteiger partial charge in [0.1, 0.15) is 0 Å². The summed E-state index contributed by atoms with van der Waals surface area (Å²) in [4.78, 5) is 17.3. The Balaban J connectivity index is 1.73. The van der Waals surface area contributed by atoms with Gasteiger partial charge in [-0.1, -0.05) is 29.3 Å². The van der Waals surface area contributed by atoms with E-state index in [9.17, 15) is 4.79 Å². The van der Waals surface area contributed by atoms with Crippen molar-refractivity contribution in [3.63, 3.8) is 0 Å². The first-order valence-corrected chi connectivity index (χ1v) is 9.11. The van der Waals surface area contributed by atoms with Crippen molar-refractivity contribution in [1.29, 1.82) is 0 Å². The van der Waals surface area contributed by atoms with Gasteiger partial charge in [0, 0.05) is 18.6 Å². The van der Waals surface area contributed by atoms with Crippen molar-refractivity contribution in [2.24, 2.45) is 5.92 Å². The topological polar surface area (TPSA) is 23.6 Å². The first kappa shape index (κ1) is 17.1. The highest BCUT2D eigenvalue weighted by Gasteiger charge is 2.40. The Morgan fingerprint density at radius 3 is 2.70 bits per heavy atom. The van der Waals surface area contributed by atoms with Gasteiger partial charge >= 0.3 is 0 Å². The van der Waals surface area contributed by atoms with E-state index in [4.69, 9.17) is 23.2 Å². The molecule has 5 heteroatoms. The molecule has 0 N–H and O–H groups in total. The summed E-state index contributed by atoms with van der Waals surface area (Å²) >= 11 is 12.0. The Hall–Kier alpha value is -0.770. The van der Waals surface area contributed by atoms with E-state index in [1.54, 1.807) is 12.1 Å². The lowest BCUT2D eigenvalue weighted by molar-refractivity contribution is -0.138. The third-order valence-electron chi connectivity index (χ3n) is 5.39. The number of hydrogen-bond acceptors (Lipinski definition) is 2. The molecule has 0 radical (unpaired) electrons. The molecule has 3 atom stereocenters. The number of carbonyl (C=O) groups excluding carboxylic acids is 1. The maximum absolute atomic E-state index is 12.9. The lowest BCUT2D eigenvalue weighted by Crippen LogP contribution is -2.58. The van der Waals surface area contributed by atoms with Crippen LogP contribution in [-0.4, -0.2) is 48.4 Å². The number of carbonyl (C=O) groups is 1. The molecule has 0 spiro atoms. The fraction of sp³-hybridized carbons (Fsp3) is 0.611. The van der Waals surface area contributed by atoms with E-state index < -0.39 is 0 Å². The van der Waals surface area contributed by atoms with Crippen molar-refractivity contribution in [2.45, 2.75) is 44.2 Å². The van der Waals surface area contributed by atoms with Crippen molar-refractivity contribution in [2.75, 3.05) is 20.6 Å². The van der Waals surface area contributed by atoms with Gasteiger partial charge in [0.2, 0.25) is 5.91 Å². The third-order valence-corrected chi connectivity index (χ3v) is 6.13. The Kier molecular flexibility index (Phi) is 5.19. The Bertz CT molecular complexity index is 590. The zero-order valence-electron chi connectivity index (χ0n) is 13.8. The predicted molar refractivity (Wildman–Crippen MR) is 95.1 cm³/mol. The first-order chi connectivity index (χ1) is 11.0. The van der Waals surface area contributed by atoms with Crippen molar-refractivity contribution in [3.05, 3.63) is 33.8 Å². The van der Waals surface area contributed by atoms with E-state index in [2.05, 4.69) is 23.9 Å². The lowest BCUT2D eigenvalue weighted by Gasteiger charge is -2.49. The predicted octanol–water partition coefficient (Wildman–Crippen LogP) is 3.87. The summed E-state index contributed by atoms with van der Waals surface area (Å²) in [7, 11) is 4.25. The minimum absolute atomic E-state index is 0.209. The summed E-state index contributed by atoms with van der Waals surface area (Å²) in [6.07, 6.45) is 5.19. The highest BCUT2D eigenvalue weighted by Crippen LogP contribution is 2.36. The van der Waals surface area contributed by atoms with Crippen LogP contribution < -0.4 is 0 Å². The second-order valence-corrected chi connectivity index (χ2v) is 7.89. The molecule has 1 saturated carbocycles. The lowest BCUT2D eigenvalue weighted by atomic mass is 9.76. The number of fused-ring (bicyclic) bond motifs is 2. The van der Waals surface area contributed by atoms with E-state index in [1.165, 1.54) is 12.8 Å². The second-order valence-electron chi connectivity index (χ2n) is 7.08. The van der Waals surface area contributed by atoms with Gasteiger partial charge in [0.25, 0.3) is 0 Å². The fourth-order valence-electron chi connectivity index (χ4n) is 4.14. The fourth-order valence-corrected chi connectivity index (χ4v) is 4.46. The molecule has 126 valence electrons. The molecule has 2 unspecified atom stereocenters. The maximum Gasteiger partial charge on any atom is 0.227 e. The van der Waals surface area contributed by atoms with E-state index >= 15 is 0 Å². The summed E-state index contributed by atoms with van der Waals surface area (Å²) in [5, 5.41) is 1.04. The number of likely N-dealkylation sites (tertiary alicyclic amines) is 1. The summed E-state index contributed by atoms with van der Waals surface area (Å²) in [5.74, 6) is 1.01. The van der Waals surface area contributed by atoms with Crippen molar-refractivity contribution in [1.82, 2.24) is 9.80 Å². The van der Waals surface area contributed by atoms with Crippen LogP contribution >= 0.6 is 23.2 Å². The van der Waals surface area contributed by atoms with Crippen LogP contribution in [0.15, 0.2) is 18.2 Å². The number of halogens is 2. The van der Waals surface area contributed by atoms with Gasteiger partial charge in [-0.25, -0.2) is 0 Å². The zero-order valence-corrected chi connectivity index (χ0v) is 15.3. The number of rotatable bonds is 3. The summed E-state index contributed by atoms with van der Waals surface area (Å²) in [6, 6.07) is 6.29.